The second-order valence-corrected chi connectivity index (χ2v) is 11.3. The summed E-state index contributed by atoms with van der Waals surface area (Å²) in [4.78, 5) is 38.8. The Morgan fingerprint density at radius 2 is 1.69 bits per heavy atom. The Hall–Kier alpha value is -4.56. The third-order valence-electron chi connectivity index (χ3n) is 8.34. The van der Waals surface area contributed by atoms with Crippen molar-refractivity contribution in [2.75, 3.05) is 19.6 Å². The van der Waals surface area contributed by atoms with Gasteiger partial charge in [-0.25, -0.2) is 0 Å². The molecule has 1 aromatic heterocycles. The molecular formula is C31H35N7O4. The normalized spacial score (nSPS) is 17.3. The second kappa shape index (κ2) is 11.7. The summed E-state index contributed by atoms with van der Waals surface area (Å²) in [6.07, 6.45) is 3.09. The third kappa shape index (κ3) is 5.25. The van der Waals surface area contributed by atoms with E-state index in [2.05, 4.69) is 21.6 Å². The van der Waals surface area contributed by atoms with Crippen molar-refractivity contribution < 1.29 is 18.8 Å². The van der Waals surface area contributed by atoms with Crippen LogP contribution in [-0.2, 0) is 23.1 Å². The number of carbonyl (C=O) groups is 3. The summed E-state index contributed by atoms with van der Waals surface area (Å²) in [5, 5.41) is 21.6. The van der Waals surface area contributed by atoms with Crippen molar-refractivity contribution in [3.8, 4) is 6.07 Å². The van der Waals surface area contributed by atoms with E-state index in [1.165, 1.54) is 0 Å². The minimum absolute atomic E-state index is 0.00761. The number of nitrogens with one attached hydrogen (secondary N) is 1. The maximum atomic E-state index is 12.9. The Balaban J connectivity index is 1.60. The number of aromatic nitrogens is 2. The van der Waals surface area contributed by atoms with Crippen LogP contribution in [0.4, 0.5) is 0 Å². The fourth-order valence-electron chi connectivity index (χ4n) is 6.17. The summed E-state index contributed by atoms with van der Waals surface area (Å²) in [5.41, 5.74) is 14.7. The number of hydrogen-bond donors (Lipinski definition) is 3. The van der Waals surface area contributed by atoms with E-state index in [4.69, 9.17) is 15.9 Å². The number of likely N-dealkylation sites (tertiary alicyclic amines) is 1. The number of hydrogen-bond acceptors (Lipinski definition) is 8. The first kappa shape index (κ1) is 29.0. The molecule has 218 valence electrons. The average molecular weight is 570 g/mol. The van der Waals surface area contributed by atoms with Gasteiger partial charge in [0, 0.05) is 23.6 Å². The SMILES string of the molecule is CC(C)c1nnc(C2(CCNCC(=O)N3CCC[C@H]3C#N)c3ccc(C(N)=O)cc3CCc3cc(C(N)=O)ccc32)o1. The van der Waals surface area contributed by atoms with Gasteiger partial charge in [0.2, 0.25) is 29.5 Å². The number of carbonyl (C=O) groups excluding carboxylic acids is 3. The molecule has 1 aliphatic heterocycles. The first-order valence-corrected chi connectivity index (χ1v) is 14.3. The van der Waals surface area contributed by atoms with Gasteiger partial charge in [-0.05, 0) is 85.2 Å². The van der Waals surface area contributed by atoms with Gasteiger partial charge in [0.15, 0.2) is 0 Å². The smallest absolute Gasteiger partial charge is 0.248 e. The number of aryl methyl sites for hydroxylation is 2. The Morgan fingerprint density at radius 3 is 2.21 bits per heavy atom. The van der Waals surface area contributed by atoms with Crippen molar-refractivity contribution in [2.24, 2.45) is 11.5 Å². The van der Waals surface area contributed by atoms with Gasteiger partial charge in [-0.2, -0.15) is 5.26 Å². The Labute approximate surface area is 244 Å². The molecule has 3 amide bonds. The van der Waals surface area contributed by atoms with Crippen LogP contribution in [0.5, 0.6) is 0 Å². The van der Waals surface area contributed by atoms with Gasteiger partial charge >= 0.3 is 0 Å². The van der Waals surface area contributed by atoms with E-state index in [-0.39, 0.29) is 18.4 Å². The highest BCUT2D eigenvalue weighted by Gasteiger charge is 2.45. The fourth-order valence-corrected chi connectivity index (χ4v) is 6.17. The van der Waals surface area contributed by atoms with Crippen molar-refractivity contribution in [1.82, 2.24) is 20.4 Å². The van der Waals surface area contributed by atoms with E-state index in [9.17, 15) is 19.6 Å². The van der Waals surface area contributed by atoms with Crippen LogP contribution in [0, 0.1) is 11.3 Å². The first-order chi connectivity index (χ1) is 20.1. The molecular weight excluding hydrogens is 534 g/mol. The van der Waals surface area contributed by atoms with E-state index in [1.807, 2.05) is 26.0 Å². The molecule has 2 heterocycles. The summed E-state index contributed by atoms with van der Waals surface area (Å²) >= 11 is 0. The number of rotatable bonds is 9. The topological polar surface area (TPSA) is 181 Å². The molecule has 0 radical (unpaired) electrons. The van der Waals surface area contributed by atoms with Crippen LogP contribution in [0.25, 0.3) is 0 Å². The highest BCUT2D eigenvalue weighted by atomic mass is 16.4. The largest absolute Gasteiger partial charge is 0.424 e. The molecule has 0 unspecified atom stereocenters. The van der Waals surface area contributed by atoms with Crippen LogP contribution in [0.2, 0.25) is 0 Å². The highest BCUT2D eigenvalue weighted by molar-refractivity contribution is 5.94. The minimum atomic E-state index is -0.966. The number of nitrogens with zero attached hydrogens (tertiary/aromatic N) is 4. The van der Waals surface area contributed by atoms with Gasteiger partial charge in [-0.1, -0.05) is 26.0 Å². The van der Waals surface area contributed by atoms with Crippen molar-refractivity contribution in [3.05, 3.63) is 81.6 Å². The van der Waals surface area contributed by atoms with Crippen molar-refractivity contribution >= 4 is 17.7 Å². The number of amides is 3. The predicted octanol–water partition coefficient (Wildman–Crippen LogP) is 2.32. The van der Waals surface area contributed by atoms with E-state index in [0.717, 1.165) is 28.7 Å². The molecule has 1 atom stereocenters. The lowest BCUT2D eigenvalue weighted by Crippen LogP contribution is -2.42. The molecule has 0 bridgehead atoms. The van der Waals surface area contributed by atoms with E-state index < -0.39 is 23.3 Å². The average Bonchev–Trinajstić information content (AvgIpc) is 3.64. The zero-order valence-corrected chi connectivity index (χ0v) is 23.9. The lowest BCUT2D eigenvalue weighted by atomic mass is 9.69. The van der Waals surface area contributed by atoms with Gasteiger partial charge < -0.3 is 26.1 Å². The lowest BCUT2D eigenvalue weighted by molar-refractivity contribution is -0.130. The summed E-state index contributed by atoms with van der Waals surface area (Å²) in [5.74, 6) is -0.318. The zero-order chi connectivity index (χ0) is 30.0. The molecule has 11 heteroatoms. The first-order valence-electron chi connectivity index (χ1n) is 14.3. The Morgan fingerprint density at radius 1 is 1.07 bits per heavy atom. The van der Waals surface area contributed by atoms with Gasteiger partial charge in [0.25, 0.3) is 0 Å². The van der Waals surface area contributed by atoms with Gasteiger partial charge in [0.1, 0.15) is 11.5 Å². The van der Waals surface area contributed by atoms with E-state index >= 15 is 0 Å². The molecule has 2 aliphatic rings. The molecule has 5 N–H and O–H groups in total. The molecule has 0 spiro atoms. The minimum Gasteiger partial charge on any atom is -0.424 e. The van der Waals surface area contributed by atoms with Crippen LogP contribution in [-0.4, -0.2) is 58.5 Å². The summed E-state index contributed by atoms with van der Waals surface area (Å²) in [7, 11) is 0. The highest BCUT2D eigenvalue weighted by Crippen LogP contribution is 2.47. The molecule has 1 saturated heterocycles. The van der Waals surface area contributed by atoms with Crippen LogP contribution in [0.1, 0.15) is 93.8 Å². The predicted molar refractivity (Wildman–Crippen MR) is 153 cm³/mol. The molecule has 2 aromatic carbocycles. The van der Waals surface area contributed by atoms with Crippen molar-refractivity contribution in [1.29, 1.82) is 5.26 Å². The number of fused-ring (bicyclic) bond motifs is 2. The lowest BCUT2D eigenvalue weighted by Gasteiger charge is -2.34. The summed E-state index contributed by atoms with van der Waals surface area (Å²) < 4.78 is 6.36. The van der Waals surface area contributed by atoms with E-state index in [0.29, 0.717) is 61.7 Å². The number of nitrogens with two attached hydrogens (primary N) is 2. The van der Waals surface area contributed by atoms with Gasteiger partial charge in [0.05, 0.1) is 12.6 Å². The molecule has 1 aliphatic carbocycles. The maximum Gasteiger partial charge on any atom is 0.248 e. The van der Waals surface area contributed by atoms with Crippen LogP contribution >= 0.6 is 0 Å². The van der Waals surface area contributed by atoms with Crippen molar-refractivity contribution in [3.63, 3.8) is 0 Å². The number of benzene rings is 2. The molecule has 42 heavy (non-hydrogen) atoms. The third-order valence-corrected chi connectivity index (χ3v) is 8.34. The van der Waals surface area contributed by atoms with Crippen LogP contribution in [0.3, 0.4) is 0 Å². The molecule has 1 fully saturated rings. The quantitative estimate of drug-likeness (QED) is 0.328. The molecule has 5 rings (SSSR count). The fraction of sp³-hybridized carbons (Fsp3) is 0.419. The van der Waals surface area contributed by atoms with Gasteiger partial charge in [-0.15, -0.1) is 10.2 Å². The zero-order valence-electron chi connectivity index (χ0n) is 23.9. The van der Waals surface area contributed by atoms with Crippen LogP contribution in [0.15, 0.2) is 40.8 Å². The standard InChI is InChI=1S/C31H35N7O4/c1-18(2)29-36-37-30(42-29)31(11-12-35-17-26(39)38-13-3-4-23(38)16-32)24-9-7-21(27(33)40)14-19(24)5-6-20-15-22(28(34)41)8-10-25(20)31/h7-10,14-15,18,23,35H,3-6,11-13,17H2,1-2H3,(H2,33,40)(H2,34,41)/t23-/m0/s1. The van der Waals surface area contributed by atoms with Crippen molar-refractivity contribution in [2.45, 2.75) is 63.3 Å². The number of primary amides is 2. The molecule has 0 saturated carbocycles. The van der Waals surface area contributed by atoms with Gasteiger partial charge in [-0.3, -0.25) is 14.4 Å². The Kier molecular flexibility index (Phi) is 8.09. The molecule has 11 nitrogen and oxygen atoms in total. The van der Waals surface area contributed by atoms with Crippen LogP contribution < -0.4 is 16.8 Å². The number of nitriles is 1. The van der Waals surface area contributed by atoms with E-state index in [1.54, 1.807) is 29.2 Å². The monoisotopic (exact) mass is 569 g/mol. The summed E-state index contributed by atoms with van der Waals surface area (Å²) in [6.45, 7) is 4.99. The summed E-state index contributed by atoms with van der Waals surface area (Å²) in [6, 6.07) is 12.6. The second-order valence-electron chi connectivity index (χ2n) is 11.3. The molecule has 3 aromatic rings. The maximum absolute atomic E-state index is 12.9. The Bertz CT molecular complexity index is 1510.